The molecule has 0 unspecified atom stereocenters. The van der Waals surface area contributed by atoms with E-state index >= 15 is 0 Å². The first-order chi connectivity index (χ1) is 14.7. The maximum absolute atomic E-state index is 10.3. The first-order valence-electron chi connectivity index (χ1n) is 12.0. The lowest BCUT2D eigenvalue weighted by molar-refractivity contribution is 0.122. The van der Waals surface area contributed by atoms with Crippen molar-refractivity contribution < 1.29 is 14.9 Å². The summed E-state index contributed by atoms with van der Waals surface area (Å²) < 4.78 is 5.16. The van der Waals surface area contributed by atoms with Crippen molar-refractivity contribution in [1.29, 1.82) is 0 Å². The number of unbranched alkanes of at least 4 members (excludes halogenated alkanes) is 11. The van der Waals surface area contributed by atoms with Crippen molar-refractivity contribution in [3.8, 4) is 5.75 Å². The van der Waals surface area contributed by atoms with Gasteiger partial charge in [0.2, 0.25) is 0 Å². The minimum Gasteiger partial charge on any atom is -0.497 e. The molecular weight excluding hydrogens is 374 g/mol. The van der Waals surface area contributed by atoms with Gasteiger partial charge in [-0.15, -0.1) is 0 Å². The maximum atomic E-state index is 10.3. The highest BCUT2D eigenvalue weighted by molar-refractivity contribution is 5.27. The zero-order chi connectivity index (χ0) is 21.9. The third-order valence-corrected chi connectivity index (χ3v) is 5.64. The average molecular weight is 420 g/mol. The molecule has 0 aliphatic rings. The molecule has 4 nitrogen and oxygen atoms in total. The smallest absolute Gasteiger partial charge is 0.118 e. The molecule has 0 aliphatic carbocycles. The molecule has 0 spiro atoms. The number of ether oxygens (including phenoxy) is 1. The van der Waals surface area contributed by atoms with E-state index in [2.05, 4.69) is 18.3 Å². The highest BCUT2D eigenvalue weighted by atomic mass is 16.5. The lowest BCUT2D eigenvalue weighted by Gasteiger charge is -2.20. The topological polar surface area (TPSA) is 61.7 Å². The second-order valence-corrected chi connectivity index (χ2v) is 8.26. The fraction of sp³-hybridized carbons (Fsp3) is 0.692. The Labute approximate surface area is 184 Å². The van der Waals surface area contributed by atoms with Crippen LogP contribution in [-0.2, 0) is 6.54 Å². The van der Waals surface area contributed by atoms with Gasteiger partial charge in [-0.25, -0.2) is 0 Å². The number of aliphatic hydroxyl groups excluding tert-OH is 2. The Kier molecular flexibility index (Phi) is 16.4. The summed E-state index contributed by atoms with van der Waals surface area (Å²) in [6, 6.07) is 7.42. The van der Waals surface area contributed by atoms with Gasteiger partial charge in [-0.3, -0.25) is 0 Å². The zero-order valence-electron chi connectivity index (χ0n) is 19.3. The van der Waals surface area contributed by atoms with Crippen LogP contribution in [0, 0.1) is 0 Å². The van der Waals surface area contributed by atoms with Crippen LogP contribution >= 0.6 is 0 Å². The van der Waals surface area contributed by atoms with E-state index in [1.807, 2.05) is 30.3 Å². The third-order valence-electron chi connectivity index (χ3n) is 5.64. The van der Waals surface area contributed by atoms with Crippen LogP contribution in [0.15, 0.2) is 36.4 Å². The molecule has 1 aromatic carbocycles. The first-order valence-corrected chi connectivity index (χ1v) is 12.0. The molecule has 0 bridgehead atoms. The van der Waals surface area contributed by atoms with Gasteiger partial charge in [-0.1, -0.05) is 95.4 Å². The normalized spacial score (nSPS) is 13.6. The molecule has 0 fully saturated rings. The summed E-state index contributed by atoms with van der Waals surface area (Å²) in [5, 5.41) is 23.1. The molecule has 0 radical (unpaired) electrons. The Morgan fingerprint density at radius 1 is 0.900 bits per heavy atom. The molecule has 0 saturated heterocycles. The van der Waals surface area contributed by atoms with E-state index in [1.165, 1.54) is 70.6 Å². The Balaban J connectivity index is 2.07. The molecule has 4 heteroatoms. The van der Waals surface area contributed by atoms with E-state index in [-0.39, 0.29) is 12.6 Å². The molecule has 0 heterocycles. The van der Waals surface area contributed by atoms with E-state index in [9.17, 15) is 10.2 Å². The summed E-state index contributed by atoms with van der Waals surface area (Å²) in [7, 11) is 1.65. The molecule has 172 valence electrons. The average Bonchev–Trinajstić information content (AvgIpc) is 2.77. The lowest BCUT2D eigenvalue weighted by atomic mass is 10.0. The van der Waals surface area contributed by atoms with Crippen molar-refractivity contribution >= 4 is 0 Å². The number of hydrogen-bond acceptors (Lipinski definition) is 4. The van der Waals surface area contributed by atoms with Crippen molar-refractivity contribution in [2.75, 3.05) is 13.7 Å². The van der Waals surface area contributed by atoms with Crippen molar-refractivity contribution in [1.82, 2.24) is 5.32 Å². The number of nitrogens with one attached hydrogen (secondary N) is 1. The van der Waals surface area contributed by atoms with Crippen molar-refractivity contribution in [2.24, 2.45) is 0 Å². The predicted octanol–water partition coefficient (Wildman–Crippen LogP) is 5.76. The van der Waals surface area contributed by atoms with Gasteiger partial charge in [0.25, 0.3) is 0 Å². The Hall–Kier alpha value is -1.36. The van der Waals surface area contributed by atoms with Gasteiger partial charge in [0.1, 0.15) is 5.75 Å². The van der Waals surface area contributed by atoms with Gasteiger partial charge in [0, 0.05) is 6.54 Å². The summed E-state index contributed by atoms with van der Waals surface area (Å²) in [6.07, 6.45) is 19.0. The quantitative estimate of drug-likeness (QED) is 0.197. The molecule has 1 aromatic rings. The molecule has 0 aliphatic heterocycles. The second-order valence-electron chi connectivity index (χ2n) is 8.26. The van der Waals surface area contributed by atoms with E-state index in [4.69, 9.17) is 4.74 Å². The maximum Gasteiger partial charge on any atom is 0.118 e. The van der Waals surface area contributed by atoms with E-state index in [1.54, 1.807) is 7.11 Å². The molecule has 0 amide bonds. The van der Waals surface area contributed by atoms with Gasteiger partial charge >= 0.3 is 0 Å². The largest absolute Gasteiger partial charge is 0.497 e. The monoisotopic (exact) mass is 419 g/mol. The van der Waals surface area contributed by atoms with Crippen molar-refractivity contribution in [2.45, 2.75) is 103 Å². The fourth-order valence-corrected chi connectivity index (χ4v) is 3.58. The Morgan fingerprint density at radius 3 is 2.00 bits per heavy atom. The van der Waals surface area contributed by atoms with Crippen LogP contribution < -0.4 is 10.1 Å². The van der Waals surface area contributed by atoms with Gasteiger partial charge in [-0.05, 0) is 30.5 Å². The SMILES string of the molecule is CCCCCCCCCCCCC/C=C/[C@H](O)[C@H](CO)NCc1ccc(OC)cc1. The zero-order valence-corrected chi connectivity index (χ0v) is 19.3. The van der Waals surface area contributed by atoms with Gasteiger partial charge in [-0.2, -0.15) is 0 Å². The van der Waals surface area contributed by atoms with Gasteiger partial charge in [0.05, 0.1) is 25.9 Å². The molecule has 0 aromatic heterocycles. The summed E-state index contributed by atoms with van der Waals surface area (Å²) >= 11 is 0. The number of methoxy groups -OCH3 is 1. The number of hydrogen-bond donors (Lipinski definition) is 3. The minimum absolute atomic E-state index is 0.0971. The van der Waals surface area contributed by atoms with Crippen LogP contribution in [-0.4, -0.2) is 36.1 Å². The first kappa shape index (κ1) is 26.7. The van der Waals surface area contributed by atoms with Gasteiger partial charge in [0.15, 0.2) is 0 Å². The van der Waals surface area contributed by atoms with Crippen LogP contribution in [0.4, 0.5) is 0 Å². The molecule has 2 atom stereocenters. The molecule has 30 heavy (non-hydrogen) atoms. The Morgan fingerprint density at radius 2 is 1.47 bits per heavy atom. The van der Waals surface area contributed by atoms with Gasteiger partial charge < -0.3 is 20.3 Å². The molecular formula is C26H45NO3. The fourth-order valence-electron chi connectivity index (χ4n) is 3.58. The van der Waals surface area contributed by atoms with Crippen LogP contribution in [0.2, 0.25) is 0 Å². The number of aliphatic hydroxyl groups is 2. The highest BCUT2D eigenvalue weighted by Gasteiger charge is 2.14. The summed E-state index contributed by atoms with van der Waals surface area (Å²) in [5.74, 6) is 0.822. The summed E-state index contributed by atoms with van der Waals surface area (Å²) in [4.78, 5) is 0. The van der Waals surface area contributed by atoms with E-state index in [0.717, 1.165) is 17.7 Å². The second kappa shape index (κ2) is 18.4. The molecule has 1 rings (SSSR count). The van der Waals surface area contributed by atoms with E-state index < -0.39 is 6.10 Å². The standard InChI is InChI=1S/C26H45NO3/c1-3-4-5-6-7-8-9-10-11-12-13-14-15-16-26(29)25(22-28)27-21-23-17-19-24(30-2)20-18-23/h15-20,25-29H,3-14,21-22H2,1-2H3/b16-15+/t25-,26-/m0/s1. The summed E-state index contributed by atoms with van der Waals surface area (Å²) in [5.41, 5.74) is 1.09. The molecule has 3 N–H and O–H groups in total. The minimum atomic E-state index is -0.680. The highest BCUT2D eigenvalue weighted by Crippen LogP contribution is 2.13. The third kappa shape index (κ3) is 13.0. The van der Waals surface area contributed by atoms with E-state index in [0.29, 0.717) is 6.54 Å². The number of benzene rings is 1. The number of rotatable bonds is 19. The number of allylic oxidation sites excluding steroid dienone is 1. The van der Waals surface area contributed by atoms with Crippen LogP contribution in [0.5, 0.6) is 5.75 Å². The van der Waals surface area contributed by atoms with Crippen molar-refractivity contribution in [3.05, 3.63) is 42.0 Å². The van der Waals surface area contributed by atoms with Crippen molar-refractivity contribution in [3.63, 3.8) is 0 Å². The predicted molar refractivity (Wildman–Crippen MR) is 127 cm³/mol. The lowest BCUT2D eigenvalue weighted by Crippen LogP contribution is -2.41. The van der Waals surface area contributed by atoms with Crippen LogP contribution in [0.3, 0.4) is 0 Å². The van der Waals surface area contributed by atoms with Crippen LogP contribution in [0.1, 0.15) is 89.5 Å². The summed E-state index contributed by atoms with van der Waals surface area (Å²) in [6.45, 7) is 2.76. The molecule has 0 saturated carbocycles. The Bertz CT molecular complexity index is 530. The van der Waals surface area contributed by atoms with Crippen LogP contribution in [0.25, 0.3) is 0 Å².